The lowest BCUT2D eigenvalue weighted by Crippen LogP contribution is -2.31. The molecule has 196 valence electrons. The van der Waals surface area contributed by atoms with Crippen LogP contribution in [0.15, 0.2) is 71.9 Å². The second-order valence-electron chi connectivity index (χ2n) is 8.67. The third kappa shape index (κ3) is 5.43. The largest absolute Gasteiger partial charge is 0.455 e. The number of hydrogen-bond donors (Lipinski definition) is 3. The van der Waals surface area contributed by atoms with Gasteiger partial charge in [-0.3, -0.25) is 14.9 Å². The van der Waals surface area contributed by atoms with Crippen LogP contribution in [-0.2, 0) is 14.8 Å². The second kappa shape index (κ2) is 10.5. The smallest absolute Gasteiger partial charge is 0.293 e. The summed E-state index contributed by atoms with van der Waals surface area (Å²) in [7, 11) is -4.45. The highest BCUT2D eigenvalue weighted by Gasteiger charge is 2.26. The summed E-state index contributed by atoms with van der Waals surface area (Å²) in [5.74, 6) is -0.288. The monoisotopic (exact) mass is 537 g/mol. The van der Waals surface area contributed by atoms with Crippen LogP contribution in [-0.4, -0.2) is 49.0 Å². The van der Waals surface area contributed by atoms with Gasteiger partial charge in [-0.25, -0.2) is 18.1 Å². The van der Waals surface area contributed by atoms with E-state index in [0.29, 0.717) is 31.2 Å². The zero-order chi connectivity index (χ0) is 26.7. The number of aromatic nitrogens is 2. The quantitative estimate of drug-likeness (QED) is 0.212. The second-order valence-corrected chi connectivity index (χ2v) is 10.3. The number of pyridine rings is 1. The van der Waals surface area contributed by atoms with E-state index in [1.54, 1.807) is 24.4 Å². The molecule has 3 heterocycles. The number of rotatable bonds is 9. The minimum atomic E-state index is -4.45. The molecule has 1 atom stereocenters. The molecule has 1 saturated heterocycles. The van der Waals surface area contributed by atoms with Gasteiger partial charge in [-0.2, -0.15) is 0 Å². The molecule has 4 aromatic rings. The van der Waals surface area contributed by atoms with Gasteiger partial charge in [-0.15, -0.1) is 0 Å². The number of sulfonamides is 1. The summed E-state index contributed by atoms with van der Waals surface area (Å²) in [5, 5.41) is 15.4. The van der Waals surface area contributed by atoms with Gasteiger partial charge in [-0.1, -0.05) is 12.1 Å². The average molecular weight is 538 g/mol. The Morgan fingerprint density at radius 1 is 1.21 bits per heavy atom. The number of fused-ring (bicyclic) bond motifs is 1. The highest BCUT2D eigenvalue weighted by atomic mass is 32.2. The van der Waals surface area contributed by atoms with Gasteiger partial charge in [0.1, 0.15) is 22.8 Å². The van der Waals surface area contributed by atoms with E-state index in [0.717, 1.165) is 17.9 Å². The lowest BCUT2D eigenvalue weighted by atomic mass is 10.1. The van der Waals surface area contributed by atoms with Gasteiger partial charge in [0.25, 0.3) is 21.6 Å². The Morgan fingerprint density at radius 3 is 2.84 bits per heavy atom. The van der Waals surface area contributed by atoms with Crippen LogP contribution in [0.2, 0.25) is 0 Å². The van der Waals surface area contributed by atoms with Gasteiger partial charge in [0, 0.05) is 36.7 Å². The predicted molar refractivity (Wildman–Crippen MR) is 138 cm³/mol. The van der Waals surface area contributed by atoms with Crippen molar-refractivity contribution in [3.05, 3.63) is 82.7 Å². The Morgan fingerprint density at radius 2 is 2.05 bits per heavy atom. The van der Waals surface area contributed by atoms with Crippen LogP contribution >= 0.6 is 0 Å². The van der Waals surface area contributed by atoms with Crippen LogP contribution in [0.5, 0.6) is 11.5 Å². The molecular weight excluding hydrogens is 514 g/mol. The van der Waals surface area contributed by atoms with E-state index in [4.69, 9.17) is 9.47 Å². The van der Waals surface area contributed by atoms with Crippen molar-refractivity contribution in [3.63, 3.8) is 0 Å². The SMILES string of the molecule is O=C(NS(=O)(=O)c1ccc(NCC2CCOC2)c([N+](=O)[O-])c1)c1ccccc1Oc1cnc2[nH]ccc2c1. The lowest BCUT2D eigenvalue weighted by molar-refractivity contribution is -0.384. The first-order valence-electron chi connectivity index (χ1n) is 11.7. The molecule has 0 saturated carbocycles. The van der Waals surface area contributed by atoms with E-state index in [1.165, 1.54) is 30.5 Å². The number of carbonyl (C=O) groups is 1. The van der Waals surface area contributed by atoms with Gasteiger partial charge >= 0.3 is 0 Å². The van der Waals surface area contributed by atoms with Crippen LogP contribution in [0.1, 0.15) is 16.8 Å². The number of hydrogen-bond acceptors (Lipinski definition) is 9. The fourth-order valence-electron chi connectivity index (χ4n) is 4.06. The lowest BCUT2D eigenvalue weighted by Gasteiger charge is -2.13. The highest BCUT2D eigenvalue weighted by Crippen LogP contribution is 2.30. The first-order chi connectivity index (χ1) is 18.3. The summed E-state index contributed by atoms with van der Waals surface area (Å²) < 4.78 is 39.1. The molecule has 2 aromatic carbocycles. The molecule has 1 amide bonds. The first kappa shape index (κ1) is 25.2. The Balaban J connectivity index is 1.35. The summed E-state index contributed by atoms with van der Waals surface area (Å²) in [5.41, 5.74) is 0.378. The Labute approximate surface area is 217 Å². The number of ether oxygens (including phenoxy) is 2. The third-order valence-electron chi connectivity index (χ3n) is 6.04. The number of nitro groups is 1. The minimum Gasteiger partial charge on any atom is -0.455 e. The van der Waals surface area contributed by atoms with Crippen molar-refractivity contribution in [1.82, 2.24) is 14.7 Å². The van der Waals surface area contributed by atoms with E-state index in [1.807, 2.05) is 10.8 Å². The molecule has 5 rings (SSSR count). The normalized spacial score (nSPS) is 15.3. The summed E-state index contributed by atoms with van der Waals surface area (Å²) in [4.78, 5) is 30.8. The number of anilines is 1. The fourth-order valence-corrected chi connectivity index (χ4v) is 5.05. The summed E-state index contributed by atoms with van der Waals surface area (Å²) in [6, 6.07) is 13.1. The van der Waals surface area contributed by atoms with Crippen LogP contribution in [0.3, 0.4) is 0 Å². The van der Waals surface area contributed by atoms with Crippen LogP contribution in [0.4, 0.5) is 11.4 Å². The first-order valence-corrected chi connectivity index (χ1v) is 13.2. The molecule has 3 N–H and O–H groups in total. The molecule has 1 aliphatic heterocycles. The standard InChI is InChI=1S/C25H23N5O7S/c31-25(20-3-1-2-4-23(20)37-18-11-17-7-9-26-24(17)28-14-18)29-38(34,35)19-5-6-21(22(12-19)30(32)33)27-13-16-8-10-36-15-16/h1-7,9,11-12,14,16,27H,8,10,13,15H2,(H,26,28)(H,29,31). The number of nitro benzene ring substituents is 1. The predicted octanol–water partition coefficient (Wildman–Crippen LogP) is 3.83. The zero-order valence-corrected chi connectivity index (χ0v) is 20.7. The molecule has 1 fully saturated rings. The molecule has 0 aliphatic carbocycles. The Bertz CT molecular complexity index is 1610. The molecule has 13 heteroatoms. The molecule has 0 bridgehead atoms. The number of nitrogens with one attached hydrogen (secondary N) is 3. The van der Waals surface area contributed by atoms with Crippen LogP contribution in [0.25, 0.3) is 11.0 Å². The molecule has 1 unspecified atom stereocenters. The van der Waals surface area contributed by atoms with Crippen LogP contribution in [0, 0.1) is 16.0 Å². The summed E-state index contributed by atoms with van der Waals surface area (Å²) in [6.07, 6.45) is 4.03. The molecular formula is C25H23N5O7S. The van der Waals surface area contributed by atoms with E-state index in [9.17, 15) is 23.3 Å². The molecule has 38 heavy (non-hydrogen) atoms. The maximum Gasteiger partial charge on any atom is 0.293 e. The maximum absolute atomic E-state index is 13.0. The molecule has 0 spiro atoms. The maximum atomic E-state index is 13.0. The van der Waals surface area contributed by atoms with Crippen molar-refractivity contribution in [2.75, 3.05) is 25.1 Å². The fraction of sp³-hybridized carbons (Fsp3) is 0.200. The summed E-state index contributed by atoms with van der Waals surface area (Å²) >= 11 is 0. The Hall–Kier alpha value is -4.49. The highest BCUT2D eigenvalue weighted by molar-refractivity contribution is 7.90. The Kier molecular flexibility index (Phi) is 6.94. The number of amides is 1. The number of carbonyl (C=O) groups excluding carboxylic acids is 1. The third-order valence-corrected chi connectivity index (χ3v) is 7.37. The molecule has 0 radical (unpaired) electrons. The van der Waals surface area contributed by atoms with Gasteiger partial charge in [-0.05, 0) is 42.8 Å². The van der Waals surface area contributed by atoms with Crippen molar-refractivity contribution >= 4 is 38.3 Å². The molecule has 2 aromatic heterocycles. The van der Waals surface area contributed by atoms with E-state index >= 15 is 0 Å². The van der Waals surface area contributed by atoms with Gasteiger partial charge in [0.15, 0.2) is 0 Å². The number of para-hydroxylation sites is 1. The van der Waals surface area contributed by atoms with Crippen molar-refractivity contribution in [2.45, 2.75) is 11.3 Å². The van der Waals surface area contributed by atoms with Crippen LogP contribution < -0.4 is 14.8 Å². The van der Waals surface area contributed by atoms with E-state index < -0.39 is 31.4 Å². The summed E-state index contributed by atoms with van der Waals surface area (Å²) in [6.45, 7) is 1.65. The molecule has 12 nitrogen and oxygen atoms in total. The van der Waals surface area contributed by atoms with Gasteiger partial charge in [0.05, 0.1) is 28.2 Å². The number of aromatic amines is 1. The molecule has 1 aliphatic rings. The topological polar surface area (TPSA) is 166 Å². The van der Waals surface area contributed by atoms with Gasteiger partial charge in [0.2, 0.25) is 0 Å². The van der Waals surface area contributed by atoms with E-state index in [2.05, 4.69) is 15.3 Å². The average Bonchev–Trinajstić information content (AvgIpc) is 3.59. The van der Waals surface area contributed by atoms with Crippen molar-refractivity contribution < 1.29 is 27.6 Å². The number of H-pyrrole nitrogens is 1. The zero-order valence-electron chi connectivity index (χ0n) is 19.9. The minimum absolute atomic E-state index is 0.0446. The van der Waals surface area contributed by atoms with E-state index in [-0.39, 0.29) is 22.9 Å². The van der Waals surface area contributed by atoms with Crippen molar-refractivity contribution in [2.24, 2.45) is 5.92 Å². The number of benzene rings is 2. The van der Waals surface area contributed by atoms with Crippen molar-refractivity contribution in [3.8, 4) is 11.5 Å². The van der Waals surface area contributed by atoms with Crippen molar-refractivity contribution in [1.29, 1.82) is 0 Å². The number of nitrogens with zero attached hydrogens (tertiary/aromatic N) is 2. The van der Waals surface area contributed by atoms with Gasteiger partial charge < -0.3 is 19.8 Å².